The van der Waals surface area contributed by atoms with Crippen molar-refractivity contribution in [2.24, 2.45) is 4.99 Å². The molecule has 0 aromatic heterocycles. The molecule has 2 aromatic rings. The normalized spacial score (nSPS) is 16.4. The zero-order valence-electron chi connectivity index (χ0n) is 19.3. The van der Waals surface area contributed by atoms with Crippen molar-refractivity contribution in [1.82, 2.24) is 0 Å². The van der Waals surface area contributed by atoms with E-state index in [0.717, 1.165) is 40.1 Å². The Morgan fingerprint density at radius 2 is 1.73 bits per heavy atom. The zero-order chi connectivity index (χ0) is 24.0. The molecule has 0 saturated heterocycles. The minimum atomic E-state index is -1.01. The van der Waals surface area contributed by atoms with Gasteiger partial charge in [-0.2, -0.15) is 0 Å². The average molecular weight is 441 g/mol. The molecule has 0 saturated carbocycles. The standard InChI is InChI=1S/C28H28N2O3/c1-5-8-25(23-10-7-6-9-19(23)3)30-26-16-11-18(2)17-24(26)20(4)27(31)29-22-14-12-21(13-15-22)28(32)33/h6-17H,5H2,1-4H3,(H,29,31)(H,32,33)/b24-20+,25-8+,30-26-. The Balaban J connectivity index is 1.98. The van der Waals surface area contributed by atoms with Crippen LogP contribution in [0, 0.1) is 6.92 Å². The first kappa shape index (κ1) is 23.7. The Kier molecular flexibility index (Phi) is 7.57. The molecule has 0 spiro atoms. The molecule has 2 aromatic carbocycles. The molecule has 33 heavy (non-hydrogen) atoms. The molecule has 5 nitrogen and oxygen atoms in total. The molecule has 0 fully saturated rings. The molecule has 0 bridgehead atoms. The van der Waals surface area contributed by atoms with E-state index in [-0.39, 0.29) is 11.5 Å². The van der Waals surface area contributed by atoms with Crippen molar-refractivity contribution in [3.63, 3.8) is 0 Å². The van der Waals surface area contributed by atoms with Gasteiger partial charge in [0.05, 0.1) is 17.0 Å². The summed E-state index contributed by atoms with van der Waals surface area (Å²) in [5, 5.41) is 11.9. The number of rotatable bonds is 6. The van der Waals surface area contributed by atoms with E-state index >= 15 is 0 Å². The summed E-state index contributed by atoms with van der Waals surface area (Å²) in [5.74, 6) is -1.27. The number of allylic oxidation sites excluding steroid dienone is 6. The molecule has 0 unspecified atom stereocenters. The van der Waals surface area contributed by atoms with Crippen molar-refractivity contribution in [2.75, 3.05) is 5.32 Å². The molecule has 0 aliphatic heterocycles. The number of hydrogen-bond acceptors (Lipinski definition) is 3. The molecule has 2 N–H and O–H groups in total. The van der Waals surface area contributed by atoms with Crippen molar-refractivity contribution in [1.29, 1.82) is 0 Å². The van der Waals surface area contributed by atoms with Crippen LogP contribution in [-0.4, -0.2) is 22.7 Å². The van der Waals surface area contributed by atoms with E-state index in [9.17, 15) is 9.59 Å². The Morgan fingerprint density at radius 1 is 1.03 bits per heavy atom. The highest BCUT2D eigenvalue weighted by Gasteiger charge is 2.17. The van der Waals surface area contributed by atoms with E-state index in [2.05, 4.69) is 37.4 Å². The Bertz CT molecular complexity index is 1230. The van der Waals surface area contributed by atoms with Crippen LogP contribution in [0.5, 0.6) is 0 Å². The Morgan fingerprint density at radius 3 is 2.36 bits per heavy atom. The summed E-state index contributed by atoms with van der Waals surface area (Å²) in [6, 6.07) is 14.2. The van der Waals surface area contributed by atoms with Gasteiger partial charge >= 0.3 is 5.97 Å². The molecular formula is C28H28N2O3. The number of nitrogens with one attached hydrogen (secondary N) is 1. The van der Waals surface area contributed by atoms with E-state index in [1.54, 1.807) is 19.1 Å². The van der Waals surface area contributed by atoms with Crippen LogP contribution in [0.15, 0.2) is 94.5 Å². The fourth-order valence-corrected chi connectivity index (χ4v) is 3.49. The van der Waals surface area contributed by atoms with Gasteiger partial charge in [-0.05, 0) is 69.2 Å². The zero-order valence-corrected chi connectivity index (χ0v) is 19.3. The fourth-order valence-electron chi connectivity index (χ4n) is 3.49. The van der Waals surface area contributed by atoms with Gasteiger partial charge in [0.25, 0.3) is 5.91 Å². The second-order valence-electron chi connectivity index (χ2n) is 7.91. The summed E-state index contributed by atoms with van der Waals surface area (Å²) in [4.78, 5) is 29.0. The van der Waals surface area contributed by atoms with Crippen molar-refractivity contribution in [2.45, 2.75) is 34.1 Å². The number of aryl methyl sites for hydroxylation is 1. The molecule has 3 rings (SSSR count). The van der Waals surface area contributed by atoms with Gasteiger partial charge in [0, 0.05) is 22.4 Å². The predicted octanol–water partition coefficient (Wildman–Crippen LogP) is 6.36. The first-order valence-electron chi connectivity index (χ1n) is 10.9. The quantitative estimate of drug-likeness (QED) is 0.513. The monoisotopic (exact) mass is 440 g/mol. The second kappa shape index (κ2) is 10.6. The second-order valence-corrected chi connectivity index (χ2v) is 7.91. The van der Waals surface area contributed by atoms with E-state index in [4.69, 9.17) is 10.1 Å². The van der Waals surface area contributed by atoms with Gasteiger partial charge < -0.3 is 10.4 Å². The number of aromatic carboxylic acids is 1. The van der Waals surface area contributed by atoms with Crippen molar-refractivity contribution >= 4 is 29.0 Å². The maximum Gasteiger partial charge on any atom is 0.335 e. The maximum absolute atomic E-state index is 13.0. The lowest BCUT2D eigenvalue weighted by Crippen LogP contribution is -2.17. The minimum absolute atomic E-state index is 0.167. The Labute approximate surface area is 194 Å². The molecule has 168 valence electrons. The number of aliphatic imine (C=N–C) groups is 1. The van der Waals surface area contributed by atoms with E-state index in [1.165, 1.54) is 12.1 Å². The average Bonchev–Trinajstić information content (AvgIpc) is 2.80. The third-order valence-electron chi connectivity index (χ3n) is 5.35. The van der Waals surface area contributed by atoms with Crippen LogP contribution in [0.2, 0.25) is 0 Å². The van der Waals surface area contributed by atoms with Crippen molar-refractivity contribution < 1.29 is 14.7 Å². The summed E-state index contributed by atoms with van der Waals surface area (Å²) >= 11 is 0. The van der Waals surface area contributed by atoms with Gasteiger partial charge in [-0.15, -0.1) is 0 Å². The maximum atomic E-state index is 13.0. The van der Waals surface area contributed by atoms with Gasteiger partial charge in [-0.1, -0.05) is 48.9 Å². The first-order chi connectivity index (χ1) is 15.8. The summed E-state index contributed by atoms with van der Waals surface area (Å²) in [7, 11) is 0. The highest BCUT2D eigenvalue weighted by atomic mass is 16.4. The van der Waals surface area contributed by atoms with E-state index in [0.29, 0.717) is 11.3 Å². The molecule has 0 atom stereocenters. The SMILES string of the molecule is CC/C=C(/N=C1/C=CC(C)=C/C1=C(/C)C(=O)Nc1ccc(C(=O)O)cc1)c1ccccc1C. The smallest absolute Gasteiger partial charge is 0.335 e. The van der Waals surface area contributed by atoms with Crippen LogP contribution >= 0.6 is 0 Å². The number of hydrogen-bond donors (Lipinski definition) is 2. The largest absolute Gasteiger partial charge is 0.478 e. The van der Waals surface area contributed by atoms with Crippen LogP contribution in [0.1, 0.15) is 48.7 Å². The molecule has 0 heterocycles. The molecule has 1 amide bonds. The van der Waals surface area contributed by atoms with Gasteiger partial charge in [-0.3, -0.25) is 4.79 Å². The van der Waals surface area contributed by atoms with Crippen LogP contribution in [-0.2, 0) is 4.79 Å². The number of carbonyl (C=O) groups is 2. The predicted molar refractivity (Wildman–Crippen MR) is 135 cm³/mol. The number of amides is 1. The summed E-state index contributed by atoms with van der Waals surface area (Å²) in [6.07, 6.45) is 8.81. The van der Waals surface area contributed by atoms with Gasteiger partial charge in [-0.25, -0.2) is 9.79 Å². The number of anilines is 1. The minimum Gasteiger partial charge on any atom is -0.478 e. The van der Waals surface area contributed by atoms with Crippen LogP contribution in [0.3, 0.4) is 0 Å². The van der Waals surface area contributed by atoms with Crippen molar-refractivity contribution in [3.05, 3.63) is 106 Å². The third kappa shape index (κ3) is 5.83. The lowest BCUT2D eigenvalue weighted by molar-refractivity contribution is -0.112. The number of nitrogens with zero attached hydrogens (tertiary/aromatic N) is 1. The van der Waals surface area contributed by atoms with E-state index < -0.39 is 5.97 Å². The molecule has 1 aliphatic rings. The Hall–Kier alpha value is -3.99. The van der Waals surface area contributed by atoms with Crippen LogP contribution in [0.25, 0.3) is 5.70 Å². The number of carboxylic acid groups (broad SMARTS) is 1. The van der Waals surface area contributed by atoms with E-state index in [1.807, 2.05) is 37.3 Å². The highest BCUT2D eigenvalue weighted by molar-refractivity contribution is 6.19. The van der Waals surface area contributed by atoms with Gasteiger partial charge in [0.1, 0.15) is 0 Å². The number of carboxylic acids is 1. The fraction of sp³-hybridized carbons (Fsp3) is 0.179. The summed E-state index contributed by atoms with van der Waals surface area (Å²) in [5.41, 5.74) is 6.80. The lowest BCUT2D eigenvalue weighted by Gasteiger charge is -2.16. The molecule has 0 radical (unpaired) electrons. The molecule has 1 aliphatic carbocycles. The highest BCUT2D eigenvalue weighted by Crippen LogP contribution is 2.25. The van der Waals surface area contributed by atoms with Crippen LogP contribution in [0.4, 0.5) is 5.69 Å². The van der Waals surface area contributed by atoms with Crippen LogP contribution < -0.4 is 5.32 Å². The molecule has 5 heteroatoms. The molecular weight excluding hydrogens is 412 g/mol. The summed E-state index contributed by atoms with van der Waals surface area (Å²) < 4.78 is 0. The van der Waals surface area contributed by atoms with Gasteiger partial charge in [0.15, 0.2) is 0 Å². The summed E-state index contributed by atoms with van der Waals surface area (Å²) in [6.45, 7) is 7.88. The number of benzene rings is 2. The van der Waals surface area contributed by atoms with Gasteiger partial charge in [0.2, 0.25) is 0 Å². The third-order valence-corrected chi connectivity index (χ3v) is 5.35. The topological polar surface area (TPSA) is 78.8 Å². The first-order valence-corrected chi connectivity index (χ1v) is 10.9. The van der Waals surface area contributed by atoms with Crippen molar-refractivity contribution in [3.8, 4) is 0 Å². The number of carbonyl (C=O) groups excluding carboxylic acids is 1. The lowest BCUT2D eigenvalue weighted by atomic mass is 9.95.